The zero-order valence-electron chi connectivity index (χ0n) is 8.49. The maximum atomic E-state index is 5.62. The van der Waals surface area contributed by atoms with E-state index >= 15 is 0 Å². The summed E-state index contributed by atoms with van der Waals surface area (Å²) in [7, 11) is 0. The minimum Gasteiger partial charge on any atom is -0.384 e. The molecular formula is C9H14BrN3S. The zero-order chi connectivity index (χ0) is 10.7. The summed E-state index contributed by atoms with van der Waals surface area (Å²) in [6, 6.07) is 1.70. The van der Waals surface area contributed by atoms with E-state index in [9.17, 15) is 0 Å². The molecule has 3 nitrogen and oxygen atoms in total. The smallest absolute Gasteiger partial charge is 0.190 e. The predicted octanol–water partition coefficient (Wildman–Crippen LogP) is 2.96. The molecule has 0 saturated heterocycles. The first-order valence-corrected chi connectivity index (χ1v) is 6.13. The van der Waals surface area contributed by atoms with Crippen LogP contribution in [0, 0.1) is 5.92 Å². The molecule has 0 aliphatic heterocycles. The number of rotatable bonds is 3. The Kier molecular flexibility index (Phi) is 4.19. The third-order valence-electron chi connectivity index (χ3n) is 1.92. The topological polar surface area (TPSA) is 51.8 Å². The van der Waals surface area contributed by atoms with E-state index in [1.165, 1.54) is 0 Å². The van der Waals surface area contributed by atoms with Crippen LogP contribution in [-0.2, 0) is 0 Å². The summed E-state index contributed by atoms with van der Waals surface area (Å²) in [4.78, 5) is 8.40. The number of hydrogen-bond acceptors (Lipinski definition) is 4. The Morgan fingerprint density at radius 2 is 2.00 bits per heavy atom. The molecule has 0 spiro atoms. The molecule has 1 aromatic rings. The molecule has 0 aromatic carbocycles. The highest BCUT2D eigenvalue weighted by atomic mass is 79.9. The van der Waals surface area contributed by atoms with E-state index < -0.39 is 0 Å². The molecule has 0 amide bonds. The Morgan fingerprint density at radius 3 is 2.50 bits per heavy atom. The molecule has 0 radical (unpaired) electrons. The highest BCUT2D eigenvalue weighted by Gasteiger charge is 2.11. The summed E-state index contributed by atoms with van der Waals surface area (Å²) in [6.07, 6.45) is 0. The second-order valence-corrected chi connectivity index (χ2v) is 5.62. The van der Waals surface area contributed by atoms with Gasteiger partial charge in [0.2, 0.25) is 0 Å². The molecule has 0 aliphatic carbocycles. The van der Waals surface area contributed by atoms with Crippen LogP contribution < -0.4 is 5.73 Å². The number of anilines is 1. The molecule has 1 heterocycles. The van der Waals surface area contributed by atoms with Gasteiger partial charge in [0.15, 0.2) is 5.16 Å². The van der Waals surface area contributed by atoms with Crippen molar-refractivity contribution in [3.63, 3.8) is 0 Å². The number of thioether (sulfide) groups is 1. The van der Waals surface area contributed by atoms with Gasteiger partial charge in [0, 0.05) is 11.3 Å². The molecule has 5 heteroatoms. The highest BCUT2D eigenvalue weighted by Crippen LogP contribution is 2.26. The summed E-state index contributed by atoms with van der Waals surface area (Å²) < 4.78 is 0.739. The monoisotopic (exact) mass is 275 g/mol. The van der Waals surface area contributed by atoms with Crippen molar-refractivity contribution in [1.82, 2.24) is 9.97 Å². The predicted molar refractivity (Wildman–Crippen MR) is 64.3 cm³/mol. The molecule has 14 heavy (non-hydrogen) atoms. The van der Waals surface area contributed by atoms with Gasteiger partial charge in [-0.1, -0.05) is 32.5 Å². The van der Waals surface area contributed by atoms with E-state index in [-0.39, 0.29) is 0 Å². The van der Waals surface area contributed by atoms with Crippen molar-refractivity contribution in [2.45, 2.75) is 31.2 Å². The summed E-state index contributed by atoms with van der Waals surface area (Å²) >= 11 is 4.94. The molecule has 1 unspecified atom stereocenters. The number of nitrogens with zero attached hydrogens (tertiary/aromatic N) is 2. The van der Waals surface area contributed by atoms with Gasteiger partial charge in [-0.25, -0.2) is 9.97 Å². The van der Waals surface area contributed by atoms with E-state index in [4.69, 9.17) is 5.73 Å². The van der Waals surface area contributed by atoms with Crippen molar-refractivity contribution in [1.29, 1.82) is 0 Å². The van der Waals surface area contributed by atoms with Crippen LogP contribution in [0.1, 0.15) is 20.8 Å². The van der Waals surface area contributed by atoms with E-state index in [0.29, 0.717) is 17.0 Å². The Labute approximate surface area is 97.0 Å². The van der Waals surface area contributed by atoms with Crippen LogP contribution >= 0.6 is 27.7 Å². The standard InChI is InChI=1S/C9H14BrN3S/c1-5(2)6(3)14-9-12-7(10)4-8(11)13-9/h4-6H,1-3H3,(H2,11,12,13). The van der Waals surface area contributed by atoms with Crippen molar-refractivity contribution in [2.24, 2.45) is 5.92 Å². The molecular weight excluding hydrogens is 262 g/mol. The largest absolute Gasteiger partial charge is 0.384 e. The van der Waals surface area contributed by atoms with Crippen LogP contribution in [0.3, 0.4) is 0 Å². The first kappa shape index (κ1) is 11.8. The number of halogens is 1. The van der Waals surface area contributed by atoms with Crippen molar-refractivity contribution < 1.29 is 0 Å². The Morgan fingerprint density at radius 1 is 1.36 bits per heavy atom. The first-order chi connectivity index (χ1) is 6.49. The van der Waals surface area contributed by atoms with Gasteiger partial charge in [0.05, 0.1) is 0 Å². The lowest BCUT2D eigenvalue weighted by Gasteiger charge is -2.13. The molecule has 0 aliphatic rings. The average Bonchev–Trinajstić information content (AvgIpc) is 2.01. The van der Waals surface area contributed by atoms with Gasteiger partial charge >= 0.3 is 0 Å². The first-order valence-electron chi connectivity index (χ1n) is 4.45. The van der Waals surface area contributed by atoms with Crippen LogP contribution in [0.4, 0.5) is 5.82 Å². The van der Waals surface area contributed by atoms with Crippen LogP contribution in [-0.4, -0.2) is 15.2 Å². The molecule has 1 rings (SSSR count). The molecule has 0 saturated carbocycles. The SMILES string of the molecule is CC(C)C(C)Sc1nc(N)cc(Br)n1. The van der Waals surface area contributed by atoms with E-state index in [0.717, 1.165) is 9.76 Å². The molecule has 2 N–H and O–H groups in total. The lowest BCUT2D eigenvalue weighted by atomic mass is 10.2. The lowest BCUT2D eigenvalue weighted by Crippen LogP contribution is -2.07. The number of nitrogens with two attached hydrogens (primary N) is 1. The maximum absolute atomic E-state index is 5.62. The average molecular weight is 276 g/mol. The maximum Gasteiger partial charge on any atom is 0.190 e. The second-order valence-electron chi connectivity index (χ2n) is 3.47. The molecule has 1 atom stereocenters. The van der Waals surface area contributed by atoms with Gasteiger partial charge in [0.1, 0.15) is 10.4 Å². The lowest BCUT2D eigenvalue weighted by molar-refractivity contribution is 0.640. The summed E-state index contributed by atoms with van der Waals surface area (Å²) in [5.74, 6) is 1.11. The van der Waals surface area contributed by atoms with Crippen LogP contribution in [0.25, 0.3) is 0 Å². The van der Waals surface area contributed by atoms with Gasteiger partial charge in [0.25, 0.3) is 0 Å². The zero-order valence-corrected chi connectivity index (χ0v) is 10.9. The van der Waals surface area contributed by atoms with Crippen LogP contribution in [0.2, 0.25) is 0 Å². The van der Waals surface area contributed by atoms with Crippen molar-refractivity contribution in [3.8, 4) is 0 Å². The fourth-order valence-electron chi connectivity index (χ4n) is 0.768. The Balaban J connectivity index is 2.76. The third kappa shape index (κ3) is 3.46. The van der Waals surface area contributed by atoms with Crippen LogP contribution in [0.15, 0.2) is 15.8 Å². The fraction of sp³-hybridized carbons (Fsp3) is 0.556. The fourth-order valence-corrected chi connectivity index (χ4v) is 2.20. The minimum absolute atomic E-state index is 0.490. The highest BCUT2D eigenvalue weighted by molar-refractivity contribution is 9.10. The van der Waals surface area contributed by atoms with E-state index in [2.05, 4.69) is 46.7 Å². The van der Waals surface area contributed by atoms with E-state index in [1.54, 1.807) is 17.8 Å². The van der Waals surface area contributed by atoms with Crippen molar-refractivity contribution in [2.75, 3.05) is 5.73 Å². The van der Waals surface area contributed by atoms with Gasteiger partial charge in [-0.05, 0) is 21.8 Å². The molecule has 0 bridgehead atoms. The third-order valence-corrected chi connectivity index (χ3v) is 3.64. The summed E-state index contributed by atoms with van der Waals surface area (Å²) in [5.41, 5.74) is 5.62. The van der Waals surface area contributed by atoms with E-state index in [1.807, 2.05) is 0 Å². The van der Waals surface area contributed by atoms with Gasteiger partial charge in [-0.3, -0.25) is 0 Å². The van der Waals surface area contributed by atoms with Gasteiger partial charge < -0.3 is 5.73 Å². The summed E-state index contributed by atoms with van der Waals surface area (Å²) in [5, 5.41) is 1.22. The van der Waals surface area contributed by atoms with Gasteiger partial charge in [-0.15, -0.1) is 0 Å². The molecule has 0 fully saturated rings. The van der Waals surface area contributed by atoms with Crippen molar-refractivity contribution >= 4 is 33.5 Å². The number of aromatic nitrogens is 2. The van der Waals surface area contributed by atoms with Crippen LogP contribution in [0.5, 0.6) is 0 Å². The number of hydrogen-bond donors (Lipinski definition) is 1. The Hall–Kier alpha value is -0.290. The van der Waals surface area contributed by atoms with Gasteiger partial charge in [-0.2, -0.15) is 0 Å². The normalized spacial score (nSPS) is 13.2. The number of nitrogen functional groups attached to an aromatic ring is 1. The van der Waals surface area contributed by atoms with Crippen molar-refractivity contribution in [3.05, 3.63) is 10.7 Å². The summed E-state index contributed by atoms with van der Waals surface area (Å²) in [6.45, 7) is 6.52. The minimum atomic E-state index is 0.490. The second kappa shape index (κ2) is 4.98. The quantitative estimate of drug-likeness (QED) is 0.524. The molecule has 78 valence electrons. The Bertz CT molecular complexity index is 297. The molecule has 1 aromatic heterocycles.